The van der Waals surface area contributed by atoms with Gasteiger partial charge in [0.15, 0.2) is 0 Å². The van der Waals surface area contributed by atoms with Crippen LogP contribution in [0.5, 0.6) is 5.88 Å². The van der Waals surface area contributed by atoms with Crippen LogP contribution in [0.15, 0.2) is 36.5 Å². The summed E-state index contributed by atoms with van der Waals surface area (Å²) >= 11 is 0. The highest BCUT2D eigenvalue weighted by atomic mass is 16.5. The standard InChI is InChI=1S/C25H35N5O2/c1-19-7-5-6-14-30(19)18-22-9-4-3-8-21(22)17-27-24(31)20-11-15-29(16-12-20)25-26-13-10-23(28-25)32-2/h3-4,8-10,13,19-20H,5-7,11-12,14-18H2,1-2H3,(H,27,31). The Morgan fingerprint density at radius 1 is 1.09 bits per heavy atom. The van der Waals surface area contributed by atoms with Crippen LogP contribution in [0.4, 0.5) is 5.95 Å². The molecule has 1 aromatic heterocycles. The molecular formula is C25H35N5O2. The number of rotatable bonds is 7. The first kappa shape index (κ1) is 22.5. The molecule has 1 amide bonds. The van der Waals surface area contributed by atoms with E-state index in [2.05, 4.69) is 56.3 Å². The molecule has 2 saturated heterocycles. The quantitative estimate of drug-likeness (QED) is 0.716. The van der Waals surface area contributed by atoms with E-state index < -0.39 is 0 Å². The number of anilines is 1. The Morgan fingerprint density at radius 2 is 1.88 bits per heavy atom. The van der Waals surface area contributed by atoms with Crippen molar-refractivity contribution in [3.05, 3.63) is 47.7 Å². The predicted molar refractivity (Wildman–Crippen MR) is 126 cm³/mol. The van der Waals surface area contributed by atoms with Gasteiger partial charge in [-0.05, 0) is 50.3 Å². The van der Waals surface area contributed by atoms with Gasteiger partial charge in [0.05, 0.1) is 7.11 Å². The number of ether oxygens (including phenoxy) is 1. The number of methoxy groups -OCH3 is 1. The predicted octanol–water partition coefficient (Wildman–Crippen LogP) is 3.39. The summed E-state index contributed by atoms with van der Waals surface area (Å²) in [4.78, 5) is 26.3. The summed E-state index contributed by atoms with van der Waals surface area (Å²) in [6, 6.07) is 10.9. The summed E-state index contributed by atoms with van der Waals surface area (Å²) in [5.74, 6) is 1.42. The monoisotopic (exact) mass is 437 g/mol. The Morgan fingerprint density at radius 3 is 2.62 bits per heavy atom. The maximum atomic E-state index is 12.9. The topological polar surface area (TPSA) is 70.6 Å². The zero-order chi connectivity index (χ0) is 22.3. The molecule has 172 valence electrons. The first-order valence-electron chi connectivity index (χ1n) is 11.8. The van der Waals surface area contributed by atoms with Crippen molar-refractivity contribution < 1.29 is 9.53 Å². The Hall–Kier alpha value is -2.67. The van der Waals surface area contributed by atoms with Crippen LogP contribution in [0.1, 0.15) is 50.2 Å². The Bertz CT molecular complexity index is 897. The normalized spacial score (nSPS) is 20.2. The van der Waals surface area contributed by atoms with E-state index >= 15 is 0 Å². The number of benzene rings is 1. The van der Waals surface area contributed by atoms with Gasteiger partial charge >= 0.3 is 0 Å². The fraction of sp³-hybridized carbons (Fsp3) is 0.560. The summed E-state index contributed by atoms with van der Waals surface area (Å²) in [7, 11) is 1.61. The van der Waals surface area contributed by atoms with Crippen molar-refractivity contribution in [2.75, 3.05) is 31.6 Å². The van der Waals surface area contributed by atoms with Gasteiger partial charge < -0.3 is 15.0 Å². The van der Waals surface area contributed by atoms with Crippen LogP contribution in [0, 0.1) is 5.92 Å². The average Bonchev–Trinajstić information content (AvgIpc) is 2.85. The molecule has 3 heterocycles. The van der Waals surface area contributed by atoms with Crippen LogP contribution >= 0.6 is 0 Å². The highest BCUT2D eigenvalue weighted by molar-refractivity contribution is 5.79. The lowest BCUT2D eigenvalue weighted by Gasteiger charge is -2.34. The molecule has 2 aromatic rings. The minimum absolute atomic E-state index is 0.0335. The number of carbonyl (C=O) groups excluding carboxylic acids is 1. The Balaban J connectivity index is 1.29. The minimum atomic E-state index is 0.0335. The molecule has 1 aromatic carbocycles. The van der Waals surface area contributed by atoms with E-state index in [-0.39, 0.29) is 11.8 Å². The molecule has 4 rings (SSSR count). The summed E-state index contributed by atoms with van der Waals surface area (Å²) in [5, 5.41) is 3.20. The van der Waals surface area contributed by atoms with Crippen LogP contribution < -0.4 is 15.0 Å². The fourth-order valence-electron chi connectivity index (χ4n) is 4.76. The molecule has 0 bridgehead atoms. The maximum absolute atomic E-state index is 12.9. The van der Waals surface area contributed by atoms with Crippen molar-refractivity contribution in [3.8, 4) is 5.88 Å². The summed E-state index contributed by atoms with van der Waals surface area (Å²) in [6.45, 7) is 6.59. The van der Waals surface area contributed by atoms with Gasteiger partial charge in [-0.1, -0.05) is 30.7 Å². The van der Waals surface area contributed by atoms with E-state index in [0.717, 1.165) is 39.0 Å². The molecule has 32 heavy (non-hydrogen) atoms. The summed E-state index contributed by atoms with van der Waals surface area (Å²) in [6.07, 6.45) is 7.21. The molecule has 2 fully saturated rings. The SMILES string of the molecule is COc1ccnc(N2CCC(C(=O)NCc3ccccc3CN3CCCCC3C)CC2)n1. The first-order valence-corrected chi connectivity index (χ1v) is 11.8. The van der Waals surface area contributed by atoms with Crippen LogP contribution in [-0.4, -0.2) is 53.6 Å². The fourth-order valence-corrected chi connectivity index (χ4v) is 4.76. The number of piperidine rings is 2. The van der Waals surface area contributed by atoms with Gasteiger partial charge in [-0.25, -0.2) is 4.98 Å². The van der Waals surface area contributed by atoms with Gasteiger partial charge in [-0.3, -0.25) is 9.69 Å². The lowest BCUT2D eigenvalue weighted by molar-refractivity contribution is -0.125. The highest BCUT2D eigenvalue weighted by Gasteiger charge is 2.26. The molecular weight excluding hydrogens is 402 g/mol. The van der Waals surface area contributed by atoms with Gasteiger partial charge in [-0.15, -0.1) is 0 Å². The third-order valence-corrected chi connectivity index (χ3v) is 6.86. The van der Waals surface area contributed by atoms with Crippen LogP contribution in [0.3, 0.4) is 0 Å². The number of aromatic nitrogens is 2. The van der Waals surface area contributed by atoms with Crippen molar-refractivity contribution in [1.29, 1.82) is 0 Å². The van der Waals surface area contributed by atoms with Crippen molar-refractivity contribution in [1.82, 2.24) is 20.2 Å². The Kier molecular flexibility index (Phi) is 7.58. The summed E-state index contributed by atoms with van der Waals surface area (Å²) < 4.78 is 5.20. The number of nitrogens with zero attached hydrogens (tertiary/aromatic N) is 4. The van der Waals surface area contributed by atoms with E-state index in [4.69, 9.17) is 4.74 Å². The van der Waals surface area contributed by atoms with Gasteiger partial charge in [0.2, 0.25) is 17.7 Å². The van der Waals surface area contributed by atoms with Crippen molar-refractivity contribution in [3.63, 3.8) is 0 Å². The zero-order valence-electron chi connectivity index (χ0n) is 19.3. The minimum Gasteiger partial charge on any atom is -0.481 e. The molecule has 7 nitrogen and oxygen atoms in total. The molecule has 1 unspecified atom stereocenters. The van der Waals surface area contributed by atoms with E-state index in [1.165, 1.54) is 30.4 Å². The zero-order valence-corrected chi connectivity index (χ0v) is 19.3. The van der Waals surface area contributed by atoms with E-state index in [1.54, 1.807) is 19.4 Å². The van der Waals surface area contributed by atoms with Crippen LogP contribution in [-0.2, 0) is 17.9 Å². The number of carbonyl (C=O) groups is 1. The number of nitrogens with one attached hydrogen (secondary N) is 1. The Labute approximate surface area is 191 Å². The van der Waals surface area contributed by atoms with E-state index in [1.807, 2.05) is 0 Å². The van der Waals surface area contributed by atoms with Gasteiger partial charge in [-0.2, -0.15) is 4.98 Å². The molecule has 0 spiro atoms. The molecule has 1 atom stereocenters. The number of amides is 1. The number of hydrogen-bond donors (Lipinski definition) is 1. The second-order valence-corrected chi connectivity index (χ2v) is 8.96. The molecule has 7 heteroatoms. The van der Waals surface area contributed by atoms with E-state index in [0.29, 0.717) is 24.4 Å². The average molecular weight is 438 g/mol. The highest BCUT2D eigenvalue weighted by Crippen LogP contribution is 2.23. The van der Waals surface area contributed by atoms with Crippen LogP contribution in [0.25, 0.3) is 0 Å². The molecule has 0 radical (unpaired) electrons. The van der Waals surface area contributed by atoms with E-state index in [9.17, 15) is 4.79 Å². The summed E-state index contributed by atoms with van der Waals surface area (Å²) in [5.41, 5.74) is 2.55. The third-order valence-electron chi connectivity index (χ3n) is 6.86. The van der Waals surface area contributed by atoms with Gasteiger partial charge in [0.1, 0.15) is 0 Å². The van der Waals surface area contributed by atoms with Crippen molar-refractivity contribution >= 4 is 11.9 Å². The molecule has 2 aliphatic rings. The first-order chi connectivity index (χ1) is 15.6. The lowest BCUT2D eigenvalue weighted by Crippen LogP contribution is -2.41. The van der Waals surface area contributed by atoms with Gasteiger partial charge in [0, 0.05) is 50.4 Å². The second-order valence-electron chi connectivity index (χ2n) is 8.96. The molecule has 0 aliphatic carbocycles. The van der Waals surface area contributed by atoms with Gasteiger partial charge in [0.25, 0.3) is 0 Å². The van der Waals surface area contributed by atoms with Crippen molar-refractivity contribution in [2.45, 2.75) is 58.2 Å². The maximum Gasteiger partial charge on any atom is 0.228 e. The number of likely N-dealkylation sites (tertiary alicyclic amines) is 1. The van der Waals surface area contributed by atoms with Crippen molar-refractivity contribution in [2.24, 2.45) is 5.92 Å². The largest absolute Gasteiger partial charge is 0.481 e. The second kappa shape index (κ2) is 10.8. The number of hydrogen-bond acceptors (Lipinski definition) is 6. The molecule has 2 aliphatic heterocycles. The molecule has 1 N–H and O–H groups in total. The molecule has 0 saturated carbocycles. The lowest BCUT2D eigenvalue weighted by atomic mass is 9.95. The van der Waals surface area contributed by atoms with Crippen LogP contribution in [0.2, 0.25) is 0 Å². The smallest absolute Gasteiger partial charge is 0.228 e. The third kappa shape index (κ3) is 5.57.